The summed E-state index contributed by atoms with van der Waals surface area (Å²) in [6.45, 7) is 1.95. The number of ether oxygens (including phenoxy) is 2. The minimum atomic E-state index is -1.42. The average molecular weight is 528 g/mol. The number of aromatic carboxylic acids is 1. The van der Waals surface area contributed by atoms with Crippen molar-refractivity contribution < 1.29 is 33.0 Å². The molecule has 1 aromatic heterocycles. The number of carboxylic acid groups (broad SMARTS) is 1. The van der Waals surface area contributed by atoms with Crippen molar-refractivity contribution >= 4 is 11.9 Å². The smallest absolute Gasteiger partial charge is 0.356 e. The van der Waals surface area contributed by atoms with Gasteiger partial charge in [0.2, 0.25) is 5.43 Å². The lowest BCUT2D eigenvalue weighted by atomic mass is 10.1. The molecule has 0 radical (unpaired) electrons. The predicted molar refractivity (Wildman–Crippen MR) is 133 cm³/mol. The number of benzene rings is 2. The number of aromatic nitrogens is 1. The zero-order chi connectivity index (χ0) is 27.2. The molecular formula is C27H27F2N3O6. The summed E-state index contributed by atoms with van der Waals surface area (Å²) in [4.78, 5) is 38.7. The van der Waals surface area contributed by atoms with E-state index in [-0.39, 0.29) is 31.3 Å². The van der Waals surface area contributed by atoms with E-state index in [1.54, 1.807) is 30.3 Å². The van der Waals surface area contributed by atoms with Gasteiger partial charge in [0.1, 0.15) is 30.0 Å². The van der Waals surface area contributed by atoms with Crippen LogP contribution in [0.25, 0.3) is 0 Å². The fourth-order valence-corrected chi connectivity index (χ4v) is 4.08. The number of hydrogen-bond acceptors (Lipinski definition) is 6. The monoisotopic (exact) mass is 527 g/mol. The maximum Gasteiger partial charge on any atom is 0.356 e. The number of pyridine rings is 1. The molecule has 11 heteroatoms. The van der Waals surface area contributed by atoms with Crippen LogP contribution >= 0.6 is 0 Å². The van der Waals surface area contributed by atoms with Crippen molar-refractivity contribution in [3.05, 3.63) is 99.0 Å². The SMILES string of the molecule is C[C@@H]1CCO[C@H](Cn2cc(C(=O)NCc3ccc(F)cc3F)c(=O)c(OCc3ccccc3)c2C(=O)O)N1. The van der Waals surface area contributed by atoms with Gasteiger partial charge in [-0.3, -0.25) is 14.9 Å². The summed E-state index contributed by atoms with van der Waals surface area (Å²) >= 11 is 0. The fraction of sp³-hybridized carbons (Fsp3) is 0.296. The third kappa shape index (κ3) is 6.42. The van der Waals surface area contributed by atoms with Crippen LogP contribution in [-0.4, -0.2) is 40.4 Å². The first-order valence-corrected chi connectivity index (χ1v) is 12.0. The minimum Gasteiger partial charge on any atom is -0.482 e. The van der Waals surface area contributed by atoms with E-state index in [4.69, 9.17) is 9.47 Å². The first kappa shape index (κ1) is 27.0. The van der Waals surface area contributed by atoms with Crippen LogP contribution in [0.4, 0.5) is 8.78 Å². The molecule has 0 aliphatic carbocycles. The van der Waals surface area contributed by atoms with Gasteiger partial charge in [0, 0.05) is 30.4 Å². The van der Waals surface area contributed by atoms with E-state index in [1.165, 1.54) is 10.6 Å². The highest BCUT2D eigenvalue weighted by Gasteiger charge is 2.28. The highest BCUT2D eigenvalue weighted by Crippen LogP contribution is 2.20. The van der Waals surface area contributed by atoms with Crippen molar-refractivity contribution in [1.29, 1.82) is 0 Å². The maximum absolute atomic E-state index is 14.0. The third-order valence-corrected chi connectivity index (χ3v) is 6.07. The zero-order valence-corrected chi connectivity index (χ0v) is 20.6. The van der Waals surface area contributed by atoms with E-state index < -0.39 is 52.2 Å². The van der Waals surface area contributed by atoms with Crippen molar-refractivity contribution in [2.75, 3.05) is 6.61 Å². The molecule has 200 valence electrons. The van der Waals surface area contributed by atoms with Gasteiger partial charge in [-0.15, -0.1) is 0 Å². The molecule has 1 amide bonds. The lowest BCUT2D eigenvalue weighted by Crippen LogP contribution is -2.47. The van der Waals surface area contributed by atoms with E-state index in [0.717, 1.165) is 18.7 Å². The second-order valence-corrected chi connectivity index (χ2v) is 8.92. The molecule has 4 rings (SSSR count). The summed E-state index contributed by atoms with van der Waals surface area (Å²) in [5.41, 5.74) is -1.07. The van der Waals surface area contributed by atoms with Crippen molar-refractivity contribution in [2.24, 2.45) is 0 Å². The molecule has 1 aliphatic rings. The van der Waals surface area contributed by atoms with Crippen LogP contribution in [0, 0.1) is 11.6 Å². The van der Waals surface area contributed by atoms with Crippen molar-refractivity contribution in [1.82, 2.24) is 15.2 Å². The number of rotatable bonds is 9. The van der Waals surface area contributed by atoms with Gasteiger partial charge in [0.05, 0.1) is 13.2 Å². The predicted octanol–water partition coefficient (Wildman–Crippen LogP) is 3.06. The number of carboxylic acids is 1. The van der Waals surface area contributed by atoms with Crippen LogP contribution in [0.1, 0.15) is 45.3 Å². The standard InChI is InChI=1S/C27H27F2N3O6/c1-16-9-10-37-22(31-16)14-32-13-20(26(34)30-12-18-7-8-19(28)11-21(18)29)24(33)25(23(32)27(35)36)38-15-17-5-3-2-4-6-17/h2-8,11,13,16,22,31H,9-10,12,14-15H2,1H3,(H,30,34)(H,35,36)/t16-,22-/m1/s1. The molecule has 38 heavy (non-hydrogen) atoms. The van der Waals surface area contributed by atoms with Gasteiger partial charge in [0.15, 0.2) is 11.4 Å². The van der Waals surface area contributed by atoms with Crippen LogP contribution < -0.4 is 20.8 Å². The topological polar surface area (TPSA) is 119 Å². The molecule has 2 heterocycles. The maximum atomic E-state index is 14.0. The summed E-state index contributed by atoms with van der Waals surface area (Å²) in [6, 6.07) is 11.8. The van der Waals surface area contributed by atoms with Crippen LogP contribution in [0.2, 0.25) is 0 Å². The molecule has 1 saturated heterocycles. The highest BCUT2D eigenvalue weighted by atomic mass is 19.1. The van der Waals surface area contributed by atoms with Crippen molar-refractivity contribution in [3.63, 3.8) is 0 Å². The van der Waals surface area contributed by atoms with Crippen LogP contribution in [0.15, 0.2) is 59.5 Å². The quantitative estimate of drug-likeness (QED) is 0.391. The molecule has 0 spiro atoms. The van der Waals surface area contributed by atoms with E-state index >= 15 is 0 Å². The van der Waals surface area contributed by atoms with Gasteiger partial charge in [-0.25, -0.2) is 13.6 Å². The minimum absolute atomic E-state index is 0.0107. The highest BCUT2D eigenvalue weighted by molar-refractivity contribution is 5.96. The van der Waals surface area contributed by atoms with Crippen LogP contribution in [0.5, 0.6) is 5.75 Å². The summed E-state index contributed by atoms with van der Waals surface area (Å²) in [5.74, 6) is -4.43. The molecule has 0 saturated carbocycles. The Hall–Kier alpha value is -4.09. The van der Waals surface area contributed by atoms with Crippen molar-refractivity contribution in [3.8, 4) is 5.75 Å². The molecule has 2 aromatic carbocycles. The molecule has 1 fully saturated rings. The van der Waals surface area contributed by atoms with Gasteiger partial charge in [-0.2, -0.15) is 0 Å². The lowest BCUT2D eigenvalue weighted by molar-refractivity contribution is -0.0249. The summed E-state index contributed by atoms with van der Waals surface area (Å²) in [5, 5.41) is 15.7. The lowest BCUT2D eigenvalue weighted by Gasteiger charge is -2.30. The Morgan fingerprint density at radius 2 is 1.97 bits per heavy atom. The van der Waals surface area contributed by atoms with Gasteiger partial charge in [-0.05, 0) is 25.0 Å². The van der Waals surface area contributed by atoms with Crippen LogP contribution in [0.3, 0.4) is 0 Å². The summed E-state index contributed by atoms with van der Waals surface area (Å²) in [7, 11) is 0. The van der Waals surface area contributed by atoms with E-state index in [0.29, 0.717) is 18.2 Å². The van der Waals surface area contributed by atoms with E-state index in [9.17, 15) is 28.3 Å². The second kappa shape index (κ2) is 12.0. The Balaban J connectivity index is 1.69. The molecule has 1 aliphatic heterocycles. The molecule has 9 nitrogen and oxygen atoms in total. The first-order valence-electron chi connectivity index (χ1n) is 12.0. The Kier molecular flexibility index (Phi) is 8.49. The first-order chi connectivity index (χ1) is 18.2. The number of nitrogens with one attached hydrogen (secondary N) is 2. The number of amides is 1. The number of carbonyl (C=O) groups is 2. The van der Waals surface area contributed by atoms with Gasteiger partial charge in [0.25, 0.3) is 5.91 Å². The Morgan fingerprint density at radius 3 is 2.66 bits per heavy atom. The summed E-state index contributed by atoms with van der Waals surface area (Å²) in [6.07, 6.45) is 1.32. The van der Waals surface area contributed by atoms with E-state index in [2.05, 4.69) is 10.6 Å². The molecule has 0 unspecified atom stereocenters. The third-order valence-electron chi connectivity index (χ3n) is 6.07. The molecule has 2 atom stereocenters. The number of halogens is 2. The number of nitrogens with zero attached hydrogens (tertiary/aromatic N) is 1. The van der Waals surface area contributed by atoms with Crippen molar-refractivity contribution in [2.45, 2.75) is 45.3 Å². The van der Waals surface area contributed by atoms with E-state index in [1.807, 2.05) is 6.92 Å². The van der Waals surface area contributed by atoms with Gasteiger partial charge < -0.3 is 24.5 Å². The summed E-state index contributed by atoms with van der Waals surface area (Å²) < 4.78 is 39.9. The van der Waals surface area contributed by atoms with Gasteiger partial charge in [-0.1, -0.05) is 36.4 Å². The average Bonchev–Trinajstić information content (AvgIpc) is 2.88. The number of hydrogen-bond donors (Lipinski definition) is 3. The fourth-order valence-electron chi connectivity index (χ4n) is 4.08. The second-order valence-electron chi connectivity index (χ2n) is 8.92. The van der Waals surface area contributed by atoms with Crippen LogP contribution in [-0.2, 0) is 24.4 Å². The Bertz CT molecular complexity index is 1380. The molecule has 3 aromatic rings. The largest absolute Gasteiger partial charge is 0.482 e. The molecular weight excluding hydrogens is 500 g/mol. The van der Waals surface area contributed by atoms with Gasteiger partial charge >= 0.3 is 5.97 Å². The molecule has 3 N–H and O–H groups in total. The Morgan fingerprint density at radius 1 is 1.21 bits per heavy atom. The zero-order valence-electron chi connectivity index (χ0n) is 20.6. The molecule has 0 bridgehead atoms. The normalized spacial score (nSPS) is 17.1. The Labute approximate surface area is 217 Å². The number of carbonyl (C=O) groups excluding carboxylic acids is 1.